The normalized spacial score (nSPS) is 11.3. The molecule has 0 aliphatic carbocycles. The maximum Gasteiger partial charge on any atom is 0.197 e. The Morgan fingerprint density at radius 3 is 2.08 bits per heavy atom. The van der Waals surface area contributed by atoms with Crippen LogP contribution in [0.5, 0.6) is 28.7 Å². The molecule has 9 nitrogen and oxygen atoms in total. The van der Waals surface area contributed by atoms with Crippen LogP contribution in [0.25, 0.3) is 55.7 Å². The van der Waals surface area contributed by atoms with Gasteiger partial charge in [0.2, 0.25) is 0 Å². The first kappa shape index (κ1) is 23.7. The summed E-state index contributed by atoms with van der Waals surface area (Å²) in [6.45, 7) is 0. The Bertz CT molecular complexity index is 2050. The van der Waals surface area contributed by atoms with Crippen LogP contribution in [0.3, 0.4) is 0 Å². The molecule has 0 saturated heterocycles. The fourth-order valence-electron chi connectivity index (χ4n) is 4.59. The number of aromatic hydroxyl groups is 5. The summed E-state index contributed by atoms with van der Waals surface area (Å²) in [7, 11) is 0. The van der Waals surface area contributed by atoms with Crippen LogP contribution in [0.2, 0.25) is 0 Å². The SMILES string of the molecule is O=c1cc(-c2ccc(O)c(O)c2-c2c(O)cc(O)c3c(=O)cc(-c4ccc(O)cc4)oc23)oc2ccccc12. The second kappa shape index (κ2) is 8.70. The van der Waals surface area contributed by atoms with Crippen molar-refractivity contribution in [1.29, 1.82) is 0 Å². The Balaban J connectivity index is 1.72. The maximum atomic E-state index is 13.1. The number of rotatable bonds is 3. The van der Waals surface area contributed by atoms with Crippen molar-refractivity contribution in [3.05, 3.63) is 99.3 Å². The van der Waals surface area contributed by atoms with E-state index in [1.807, 2.05) is 0 Å². The molecule has 0 bridgehead atoms. The van der Waals surface area contributed by atoms with Gasteiger partial charge in [0.1, 0.15) is 39.7 Å². The minimum Gasteiger partial charge on any atom is -0.508 e. The van der Waals surface area contributed by atoms with E-state index in [0.29, 0.717) is 10.9 Å². The van der Waals surface area contributed by atoms with Crippen molar-refractivity contribution >= 4 is 21.9 Å². The molecular weight excluding hydrogens is 504 g/mol. The summed E-state index contributed by atoms with van der Waals surface area (Å²) in [5.41, 5.74) is -1.01. The van der Waals surface area contributed by atoms with Gasteiger partial charge in [-0.15, -0.1) is 0 Å². The highest BCUT2D eigenvalue weighted by Gasteiger charge is 2.27. The second-order valence-electron chi connectivity index (χ2n) is 8.84. The summed E-state index contributed by atoms with van der Waals surface area (Å²) in [5.74, 6) is -2.38. The molecule has 2 heterocycles. The smallest absolute Gasteiger partial charge is 0.197 e. The first-order valence-corrected chi connectivity index (χ1v) is 11.6. The Hall–Kier alpha value is -5.70. The third-order valence-corrected chi connectivity index (χ3v) is 6.42. The molecule has 5 N–H and O–H groups in total. The van der Waals surface area contributed by atoms with E-state index < -0.39 is 28.4 Å². The minimum atomic E-state index is -0.691. The molecule has 0 amide bonds. The van der Waals surface area contributed by atoms with Crippen molar-refractivity contribution in [3.8, 4) is 62.5 Å². The Labute approximate surface area is 218 Å². The van der Waals surface area contributed by atoms with Crippen LogP contribution in [0.1, 0.15) is 0 Å². The van der Waals surface area contributed by atoms with Crippen LogP contribution in [0.4, 0.5) is 0 Å². The highest BCUT2D eigenvalue weighted by atomic mass is 16.3. The number of hydrogen-bond donors (Lipinski definition) is 5. The number of fused-ring (bicyclic) bond motifs is 2. The van der Waals surface area contributed by atoms with E-state index in [1.165, 1.54) is 42.5 Å². The fraction of sp³-hybridized carbons (Fsp3) is 0. The number of phenolic OH excluding ortho intramolecular Hbond substituents is 5. The van der Waals surface area contributed by atoms with Crippen molar-refractivity contribution in [2.45, 2.75) is 0 Å². The van der Waals surface area contributed by atoms with Crippen molar-refractivity contribution < 1.29 is 34.4 Å². The van der Waals surface area contributed by atoms with Crippen molar-refractivity contribution in [1.82, 2.24) is 0 Å². The zero-order chi connectivity index (χ0) is 27.4. The number of para-hydroxylation sites is 1. The molecule has 6 rings (SSSR count). The molecule has 0 aliphatic rings. The molecule has 0 aliphatic heterocycles. The van der Waals surface area contributed by atoms with Gasteiger partial charge in [-0.05, 0) is 48.5 Å². The quantitative estimate of drug-likeness (QED) is 0.191. The van der Waals surface area contributed by atoms with Gasteiger partial charge in [-0.2, -0.15) is 0 Å². The molecule has 0 spiro atoms. The van der Waals surface area contributed by atoms with E-state index >= 15 is 0 Å². The molecular formula is C30H18O9. The predicted molar refractivity (Wildman–Crippen MR) is 143 cm³/mol. The van der Waals surface area contributed by atoms with Gasteiger partial charge in [0.25, 0.3) is 0 Å². The predicted octanol–water partition coefficient (Wildman–Crippen LogP) is 5.43. The largest absolute Gasteiger partial charge is 0.508 e. The summed E-state index contributed by atoms with van der Waals surface area (Å²) in [5, 5.41) is 52.6. The molecule has 4 aromatic carbocycles. The molecule has 192 valence electrons. The summed E-state index contributed by atoms with van der Waals surface area (Å²) in [6, 6.07) is 18.2. The fourth-order valence-corrected chi connectivity index (χ4v) is 4.59. The second-order valence-corrected chi connectivity index (χ2v) is 8.84. The van der Waals surface area contributed by atoms with Gasteiger partial charge in [0.15, 0.2) is 27.9 Å². The average Bonchev–Trinajstić information content (AvgIpc) is 2.91. The van der Waals surface area contributed by atoms with Gasteiger partial charge in [0.05, 0.1) is 10.9 Å². The summed E-state index contributed by atoms with van der Waals surface area (Å²) in [6.07, 6.45) is 0. The molecule has 0 unspecified atom stereocenters. The van der Waals surface area contributed by atoms with E-state index in [-0.39, 0.29) is 55.9 Å². The van der Waals surface area contributed by atoms with Gasteiger partial charge in [-0.1, -0.05) is 12.1 Å². The van der Waals surface area contributed by atoms with E-state index in [9.17, 15) is 35.1 Å². The topological polar surface area (TPSA) is 162 Å². The van der Waals surface area contributed by atoms with Gasteiger partial charge in [-0.3, -0.25) is 9.59 Å². The van der Waals surface area contributed by atoms with Gasteiger partial charge in [-0.25, -0.2) is 0 Å². The van der Waals surface area contributed by atoms with Crippen molar-refractivity contribution in [2.24, 2.45) is 0 Å². The van der Waals surface area contributed by atoms with Crippen LogP contribution >= 0.6 is 0 Å². The highest BCUT2D eigenvalue weighted by molar-refractivity contribution is 6.04. The Kier molecular flexibility index (Phi) is 5.28. The van der Waals surface area contributed by atoms with Crippen molar-refractivity contribution in [2.75, 3.05) is 0 Å². The van der Waals surface area contributed by atoms with Gasteiger partial charge >= 0.3 is 0 Å². The number of benzene rings is 4. The zero-order valence-corrected chi connectivity index (χ0v) is 19.9. The summed E-state index contributed by atoms with van der Waals surface area (Å²) >= 11 is 0. The molecule has 2 aromatic heterocycles. The highest BCUT2D eigenvalue weighted by Crippen LogP contribution is 2.50. The van der Waals surface area contributed by atoms with E-state index in [2.05, 4.69) is 0 Å². The first-order chi connectivity index (χ1) is 18.7. The first-order valence-electron chi connectivity index (χ1n) is 11.6. The zero-order valence-electron chi connectivity index (χ0n) is 19.9. The van der Waals surface area contributed by atoms with Gasteiger partial charge < -0.3 is 34.4 Å². The molecule has 9 heteroatoms. The lowest BCUT2D eigenvalue weighted by Crippen LogP contribution is -2.03. The van der Waals surface area contributed by atoms with Crippen molar-refractivity contribution in [3.63, 3.8) is 0 Å². The summed E-state index contributed by atoms with van der Waals surface area (Å²) in [4.78, 5) is 26.0. The lowest BCUT2D eigenvalue weighted by Gasteiger charge is -2.16. The standard InChI is InChI=1S/C30H18O9/c31-15-7-5-14(6-8-15)24-13-22(36)27-20(34)11-21(35)28(30(27)39-24)26-17(9-10-18(32)29(26)37)25-12-19(33)16-3-1-2-4-23(16)38-25/h1-13,31-32,34-35,37H. The summed E-state index contributed by atoms with van der Waals surface area (Å²) < 4.78 is 12.0. The lowest BCUT2D eigenvalue weighted by atomic mass is 9.93. The Morgan fingerprint density at radius 2 is 1.31 bits per heavy atom. The van der Waals surface area contributed by atoms with Crippen LogP contribution in [-0.4, -0.2) is 25.5 Å². The third kappa shape index (κ3) is 3.80. The third-order valence-electron chi connectivity index (χ3n) is 6.42. The number of hydrogen-bond acceptors (Lipinski definition) is 9. The monoisotopic (exact) mass is 522 g/mol. The minimum absolute atomic E-state index is 0.00154. The van der Waals surface area contributed by atoms with Crippen LogP contribution in [-0.2, 0) is 0 Å². The molecule has 0 fully saturated rings. The lowest BCUT2D eigenvalue weighted by molar-refractivity contribution is 0.404. The van der Waals surface area contributed by atoms with E-state index in [4.69, 9.17) is 8.83 Å². The molecule has 6 aromatic rings. The van der Waals surface area contributed by atoms with E-state index in [0.717, 1.165) is 12.1 Å². The van der Waals surface area contributed by atoms with Gasteiger partial charge in [0, 0.05) is 34.9 Å². The van der Waals surface area contributed by atoms with E-state index in [1.54, 1.807) is 24.3 Å². The molecule has 0 radical (unpaired) electrons. The number of phenols is 5. The molecule has 0 atom stereocenters. The van der Waals surface area contributed by atoms with Crippen LogP contribution in [0.15, 0.2) is 97.3 Å². The molecule has 39 heavy (non-hydrogen) atoms. The molecule has 0 saturated carbocycles. The maximum absolute atomic E-state index is 13.1. The van der Waals surface area contributed by atoms with Crippen LogP contribution in [0, 0.1) is 0 Å². The van der Waals surface area contributed by atoms with Crippen LogP contribution < -0.4 is 10.9 Å². The Morgan fingerprint density at radius 1 is 0.590 bits per heavy atom. The average molecular weight is 522 g/mol.